The zero-order valence-electron chi connectivity index (χ0n) is 14.7. The zero-order chi connectivity index (χ0) is 16.3. The van der Waals surface area contributed by atoms with Crippen molar-refractivity contribution in [2.75, 3.05) is 26.2 Å². The van der Waals surface area contributed by atoms with Crippen LogP contribution in [0, 0.1) is 0 Å². The number of hydrogen-bond donors (Lipinski definition) is 1. The molecule has 0 amide bonds. The largest absolute Gasteiger partial charge is 0.315 e. The quantitative estimate of drug-likeness (QED) is 0.573. The van der Waals surface area contributed by atoms with Gasteiger partial charge in [-0.3, -0.25) is 4.90 Å². The molecule has 1 aliphatic heterocycles. The minimum Gasteiger partial charge on any atom is -0.315 e. The molecule has 2 rings (SSSR count). The summed E-state index contributed by atoms with van der Waals surface area (Å²) in [5.74, 6) is 0. The summed E-state index contributed by atoms with van der Waals surface area (Å²) in [4.78, 5) is 2.62. The highest BCUT2D eigenvalue weighted by Crippen LogP contribution is 2.29. The van der Waals surface area contributed by atoms with Crippen LogP contribution in [-0.4, -0.2) is 31.1 Å². The maximum Gasteiger partial charge on any atom is 0.0487 e. The molecule has 1 aromatic rings. The van der Waals surface area contributed by atoms with Gasteiger partial charge in [-0.25, -0.2) is 0 Å². The van der Waals surface area contributed by atoms with Crippen molar-refractivity contribution in [3.63, 3.8) is 0 Å². The lowest BCUT2D eigenvalue weighted by atomic mass is 10.0. The molecule has 0 aliphatic carbocycles. The van der Waals surface area contributed by atoms with E-state index in [9.17, 15) is 0 Å². The van der Waals surface area contributed by atoms with Crippen LogP contribution < -0.4 is 5.32 Å². The number of piperidine rings is 1. The SMILES string of the molecule is CCCCCCCNCC(c1ccccc1Cl)N1CCCCC1. The zero-order valence-corrected chi connectivity index (χ0v) is 15.5. The topological polar surface area (TPSA) is 15.3 Å². The molecule has 1 unspecified atom stereocenters. The Kier molecular flexibility index (Phi) is 9.03. The first kappa shape index (κ1) is 18.8. The molecule has 1 aromatic carbocycles. The third kappa shape index (κ3) is 6.45. The van der Waals surface area contributed by atoms with Gasteiger partial charge in [0.2, 0.25) is 0 Å². The van der Waals surface area contributed by atoms with Gasteiger partial charge < -0.3 is 5.32 Å². The van der Waals surface area contributed by atoms with Crippen molar-refractivity contribution in [1.82, 2.24) is 10.2 Å². The van der Waals surface area contributed by atoms with E-state index < -0.39 is 0 Å². The van der Waals surface area contributed by atoms with Gasteiger partial charge >= 0.3 is 0 Å². The molecular formula is C20H33ClN2. The van der Waals surface area contributed by atoms with Crippen LogP contribution in [0.4, 0.5) is 0 Å². The highest BCUT2D eigenvalue weighted by Gasteiger charge is 2.23. The van der Waals surface area contributed by atoms with Gasteiger partial charge in [-0.15, -0.1) is 0 Å². The van der Waals surface area contributed by atoms with Gasteiger partial charge in [-0.2, -0.15) is 0 Å². The van der Waals surface area contributed by atoms with E-state index in [2.05, 4.69) is 29.3 Å². The Hall–Kier alpha value is -0.570. The standard InChI is InChI=1S/C20H33ClN2/c1-2-3-4-5-9-14-22-17-20(23-15-10-6-11-16-23)18-12-7-8-13-19(18)21/h7-8,12-13,20,22H,2-6,9-11,14-17H2,1H3. The Bertz CT molecular complexity index is 429. The van der Waals surface area contributed by atoms with Crippen LogP contribution in [0.15, 0.2) is 24.3 Å². The maximum absolute atomic E-state index is 6.48. The van der Waals surface area contributed by atoms with E-state index in [0.29, 0.717) is 6.04 Å². The van der Waals surface area contributed by atoms with Crippen molar-refractivity contribution in [2.24, 2.45) is 0 Å². The third-order valence-electron chi connectivity index (χ3n) is 4.89. The lowest BCUT2D eigenvalue weighted by molar-refractivity contribution is 0.160. The fraction of sp³-hybridized carbons (Fsp3) is 0.700. The van der Waals surface area contributed by atoms with Gasteiger partial charge in [0.1, 0.15) is 0 Å². The van der Waals surface area contributed by atoms with Crippen molar-refractivity contribution in [3.05, 3.63) is 34.9 Å². The van der Waals surface area contributed by atoms with Gasteiger partial charge in [0, 0.05) is 17.6 Å². The second kappa shape index (κ2) is 11.1. The molecule has 1 saturated heterocycles. The Balaban J connectivity index is 1.85. The molecule has 1 fully saturated rings. The molecule has 0 bridgehead atoms. The maximum atomic E-state index is 6.48. The van der Waals surface area contributed by atoms with E-state index in [0.717, 1.165) is 18.1 Å². The average molecular weight is 337 g/mol. The summed E-state index contributed by atoms with van der Waals surface area (Å²) in [5, 5.41) is 4.60. The number of benzene rings is 1. The van der Waals surface area contributed by atoms with Crippen LogP contribution in [0.1, 0.15) is 69.9 Å². The van der Waals surface area contributed by atoms with Crippen LogP contribution in [0.2, 0.25) is 5.02 Å². The molecule has 0 spiro atoms. The Morgan fingerprint density at radius 2 is 1.78 bits per heavy atom. The molecule has 0 aromatic heterocycles. The van der Waals surface area contributed by atoms with Crippen LogP contribution in [0.5, 0.6) is 0 Å². The number of nitrogens with one attached hydrogen (secondary N) is 1. The van der Waals surface area contributed by atoms with E-state index in [4.69, 9.17) is 11.6 Å². The molecule has 1 N–H and O–H groups in total. The smallest absolute Gasteiger partial charge is 0.0487 e. The molecule has 23 heavy (non-hydrogen) atoms. The number of halogens is 1. The summed E-state index contributed by atoms with van der Waals surface area (Å²) < 4.78 is 0. The summed E-state index contributed by atoms with van der Waals surface area (Å²) in [6, 6.07) is 8.78. The second-order valence-electron chi connectivity index (χ2n) is 6.75. The fourth-order valence-electron chi connectivity index (χ4n) is 3.50. The Morgan fingerprint density at radius 3 is 2.52 bits per heavy atom. The molecule has 2 nitrogen and oxygen atoms in total. The molecule has 1 aliphatic rings. The normalized spacial score (nSPS) is 17.3. The van der Waals surface area contributed by atoms with E-state index in [-0.39, 0.29) is 0 Å². The van der Waals surface area contributed by atoms with Crippen molar-refractivity contribution >= 4 is 11.6 Å². The van der Waals surface area contributed by atoms with E-state index >= 15 is 0 Å². The second-order valence-corrected chi connectivity index (χ2v) is 7.16. The van der Waals surface area contributed by atoms with E-state index in [1.165, 1.54) is 70.0 Å². The molecule has 3 heteroatoms. The number of nitrogens with zero attached hydrogens (tertiary/aromatic N) is 1. The minimum absolute atomic E-state index is 0.416. The lowest BCUT2D eigenvalue weighted by Crippen LogP contribution is -2.39. The van der Waals surface area contributed by atoms with Crippen LogP contribution in [0.25, 0.3) is 0 Å². The van der Waals surface area contributed by atoms with Crippen LogP contribution in [-0.2, 0) is 0 Å². The number of rotatable bonds is 10. The van der Waals surface area contributed by atoms with Gasteiger partial charge in [0.15, 0.2) is 0 Å². The Morgan fingerprint density at radius 1 is 1.04 bits per heavy atom. The summed E-state index contributed by atoms with van der Waals surface area (Å²) in [6.45, 7) is 6.81. The first-order chi connectivity index (χ1) is 11.3. The predicted octanol–water partition coefficient (Wildman–Crippen LogP) is 5.43. The van der Waals surface area contributed by atoms with Gasteiger partial charge in [0.25, 0.3) is 0 Å². The van der Waals surface area contributed by atoms with Gasteiger partial charge in [0.05, 0.1) is 0 Å². The lowest BCUT2D eigenvalue weighted by Gasteiger charge is -2.35. The molecule has 0 radical (unpaired) electrons. The molecule has 0 saturated carbocycles. The molecular weight excluding hydrogens is 304 g/mol. The summed E-state index contributed by atoms with van der Waals surface area (Å²) in [6.07, 6.45) is 10.7. The van der Waals surface area contributed by atoms with Crippen LogP contribution in [0.3, 0.4) is 0 Å². The van der Waals surface area contributed by atoms with Crippen molar-refractivity contribution in [3.8, 4) is 0 Å². The van der Waals surface area contributed by atoms with E-state index in [1.54, 1.807) is 0 Å². The minimum atomic E-state index is 0.416. The van der Waals surface area contributed by atoms with Gasteiger partial charge in [-0.1, -0.05) is 68.8 Å². The van der Waals surface area contributed by atoms with E-state index in [1.807, 2.05) is 12.1 Å². The number of hydrogen-bond acceptors (Lipinski definition) is 2. The monoisotopic (exact) mass is 336 g/mol. The highest BCUT2D eigenvalue weighted by molar-refractivity contribution is 6.31. The van der Waals surface area contributed by atoms with Gasteiger partial charge in [-0.05, 0) is 50.5 Å². The molecule has 1 heterocycles. The van der Waals surface area contributed by atoms with Crippen molar-refractivity contribution in [1.29, 1.82) is 0 Å². The first-order valence-electron chi connectivity index (χ1n) is 9.52. The van der Waals surface area contributed by atoms with Crippen molar-refractivity contribution in [2.45, 2.75) is 64.3 Å². The predicted molar refractivity (Wildman–Crippen MR) is 101 cm³/mol. The van der Waals surface area contributed by atoms with Crippen molar-refractivity contribution < 1.29 is 0 Å². The summed E-state index contributed by atoms with van der Waals surface area (Å²) in [5.41, 5.74) is 1.29. The third-order valence-corrected chi connectivity index (χ3v) is 5.23. The highest BCUT2D eigenvalue weighted by atomic mass is 35.5. The molecule has 1 atom stereocenters. The number of likely N-dealkylation sites (tertiary alicyclic amines) is 1. The first-order valence-corrected chi connectivity index (χ1v) is 9.90. The summed E-state index contributed by atoms with van der Waals surface area (Å²) >= 11 is 6.48. The molecule has 130 valence electrons. The Labute approximate surface area is 147 Å². The fourth-order valence-corrected chi connectivity index (χ4v) is 3.77. The van der Waals surface area contributed by atoms with Crippen LogP contribution >= 0.6 is 11.6 Å². The average Bonchev–Trinajstić information content (AvgIpc) is 2.59. The number of unbranched alkanes of at least 4 members (excludes halogenated alkanes) is 4. The summed E-state index contributed by atoms with van der Waals surface area (Å²) in [7, 11) is 0.